The second-order valence-corrected chi connectivity index (χ2v) is 6.13. The minimum atomic E-state index is 0.0875. The maximum absolute atomic E-state index is 12.2. The molecule has 1 atom stereocenters. The topological polar surface area (TPSA) is 67.9 Å². The van der Waals surface area contributed by atoms with Gasteiger partial charge in [-0.3, -0.25) is 9.59 Å². The Bertz CT molecular complexity index is 627. The molecule has 1 aromatic carbocycles. The van der Waals surface area contributed by atoms with Crippen molar-refractivity contribution < 1.29 is 19.1 Å². The van der Waals surface area contributed by atoms with E-state index in [1.807, 2.05) is 18.2 Å². The smallest absolute Gasteiger partial charge is 0.231 e. The van der Waals surface area contributed by atoms with Crippen LogP contribution in [0.4, 0.5) is 5.69 Å². The van der Waals surface area contributed by atoms with Crippen LogP contribution in [0.25, 0.3) is 0 Å². The molecule has 0 bridgehead atoms. The normalized spacial score (nSPS) is 23.0. The average molecular weight is 302 g/mol. The number of nitrogens with zero attached hydrogens (tertiary/aromatic N) is 1. The van der Waals surface area contributed by atoms with Gasteiger partial charge in [-0.05, 0) is 25.0 Å². The lowest BCUT2D eigenvalue weighted by Gasteiger charge is -2.17. The minimum Gasteiger partial charge on any atom is -0.454 e. The van der Waals surface area contributed by atoms with E-state index < -0.39 is 0 Å². The summed E-state index contributed by atoms with van der Waals surface area (Å²) in [6, 6.07) is 5.54. The third kappa shape index (κ3) is 2.49. The molecule has 1 aliphatic carbocycles. The third-order valence-corrected chi connectivity index (χ3v) is 4.39. The van der Waals surface area contributed by atoms with Gasteiger partial charge in [-0.15, -0.1) is 0 Å². The highest BCUT2D eigenvalue weighted by molar-refractivity contribution is 5.96. The Labute approximate surface area is 128 Å². The molecule has 2 heterocycles. The summed E-state index contributed by atoms with van der Waals surface area (Å²) >= 11 is 0. The zero-order chi connectivity index (χ0) is 15.1. The van der Waals surface area contributed by atoms with Crippen LogP contribution in [-0.4, -0.2) is 31.7 Å². The average Bonchev–Trinajstić information content (AvgIpc) is 3.15. The number of ether oxygens (including phenoxy) is 2. The Hall–Kier alpha value is -2.24. The number of carbonyl (C=O) groups excluding carboxylic acids is 2. The first-order chi connectivity index (χ1) is 10.7. The van der Waals surface area contributed by atoms with Gasteiger partial charge in [-0.1, -0.05) is 0 Å². The molecule has 6 heteroatoms. The van der Waals surface area contributed by atoms with Crippen molar-refractivity contribution >= 4 is 17.5 Å². The molecular formula is C16H18N2O4. The Morgan fingerprint density at radius 1 is 1.27 bits per heavy atom. The van der Waals surface area contributed by atoms with Crippen LogP contribution in [0.2, 0.25) is 0 Å². The monoisotopic (exact) mass is 302 g/mol. The lowest BCUT2D eigenvalue weighted by atomic mass is 10.1. The highest BCUT2D eigenvalue weighted by Gasteiger charge is 2.34. The molecule has 1 saturated heterocycles. The van der Waals surface area contributed by atoms with E-state index >= 15 is 0 Å². The Morgan fingerprint density at radius 2 is 2.09 bits per heavy atom. The van der Waals surface area contributed by atoms with Gasteiger partial charge in [0.25, 0.3) is 0 Å². The zero-order valence-electron chi connectivity index (χ0n) is 12.2. The number of rotatable bonds is 4. The second-order valence-electron chi connectivity index (χ2n) is 6.13. The molecule has 0 radical (unpaired) electrons. The largest absolute Gasteiger partial charge is 0.454 e. The van der Waals surface area contributed by atoms with E-state index in [0.717, 1.165) is 18.5 Å². The number of nitrogens with one attached hydrogen (secondary N) is 1. The molecule has 0 spiro atoms. The summed E-state index contributed by atoms with van der Waals surface area (Å²) < 4.78 is 10.6. The highest BCUT2D eigenvalue weighted by atomic mass is 16.7. The SMILES string of the molecule is O=C(NC[C@@H]1CC(=O)N(c2ccc3c(c2)OCO3)C1)C1CC1. The Balaban J connectivity index is 1.40. The van der Waals surface area contributed by atoms with Gasteiger partial charge in [0.1, 0.15) is 0 Å². The molecule has 1 aromatic rings. The molecule has 2 amide bonds. The lowest BCUT2D eigenvalue weighted by molar-refractivity contribution is -0.122. The van der Waals surface area contributed by atoms with E-state index in [0.29, 0.717) is 31.0 Å². The summed E-state index contributed by atoms with van der Waals surface area (Å²) in [5.41, 5.74) is 0.824. The summed E-state index contributed by atoms with van der Waals surface area (Å²) in [4.78, 5) is 25.7. The van der Waals surface area contributed by atoms with Gasteiger partial charge in [0, 0.05) is 43.1 Å². The van der Waals surface area contributed by atoms with Gasteiger partial charge < -0.3 is 19.7 Å². The zero-order valence-corrected chi connectivity index (χ0v) is 12.2. The maximum atomic E-state index is 12.2. The van der Waals surface area contributed by atoms with Crippen molar-refractivity contribution in [3.8, 4) is 11.5 Å². The van der Waals surface area contributed by atoms with E-state index in [9.17, 15) is 9.59 Å². The van der Waals surface area contributed by atoms with E-state index in [1.165, 1.54) is 0 Å². The summed E-state index contributed by atoms with van der Waals surface area (Å²) in [5.74, 6) is 1.99. The van der Waals surface area contributed by atoms with Gasteiger partial charge in [0.2, 0.25) is 18.6 Å². The molecule has 0 unspecified atom stereocenters. The molecule has 6 nitrogen and oxygen atoms in total. The molecule has 2 aliphatic heterocycles. The van der Waals surface area contributed by atoms with Gasteiger partial charge in [0.05, 0.1) is 0 Å². The number of amides is 2. The van der Waals surface area contributed by atoms with Crippen LogP contribution >= 0.6 is 0 Å². The van der Waals surface area contributed by atoms with Crippen molar-refractivity contribution in [2.24, 2.45) is 11.8 Å². The fraction of sp³-hybridized carbons (Fsp3) is 0.500. The van der Waals surface area contributed by atoms with Crippen LogP contribution in [0.1, 0.15) is 19.3 Å². The first kappa shape index (κ1) is 13.4. The predicted octanol–water partition coefficient (Wildman–Crippen LogP) is 1.29. The molecular weight excluding hydrogens is 284 g/mol. The van der Waals surface area contributed by atoms with Crippen molar-refractivity contribution in [3.63, 3.8) is 0 Å². The first-order valence-corrected chi connectivity index (χ1v) is 7.68. The van der Waals surface area contributed by atoms with Crippen molar-refractivity contribution in [2.45, 2.75) is 19.3 Å². The van der Waals surface area contributed by atoms with E-state index in [1.54, 1.807) is 4.90 Å². The van der Waals surface area contributed by atoms with Crippen LogP contribution in [-0.2, 0) is 9.59 Å². The van der Waals surface area contributed by atoms with Crippen molar-refractivity contribution in [2.75, 3.05) is 24.8 Å². The minimum absolute atomic E-state index is 0.0875. The molecule has 22 heavy (non-hydrogen) atoms. The fourth-order valence-corrected chi connectivity index (χ4v) is 2.96. The van der Waals surface area contributed by atoms with Gasteiger partial charge >= 0.3 is 0 Å². The van der Waals surface area contributed by atoms with Crippen LogP contribution in [0.15, 0.2) is 18.2 Å². The maximum Gasteiger partial charge on any atom is 0.231 e. The molecule has 0 aromatic heterocycles. The summed E-state index contributed by atoms with van der Waals surface area (Å²) in [6.07, 6.45) is 2.47. The van der Waals surface area contributed by atoms with E-state index in [-0.39, 0.29) is 30.4 Å². The Kier molecular flexibility index (Phi) is 3.17. The van der Waals surface area contributed by atoms with Crippen LogP contribution in [0.3, 0.4) is 0 Å². The van der Waals surface area contributed by atoms with Crippen molar-refractivity contribution in [1.82, 2.24) is 5.32 Å². The standard InChI is InChI=1S/C16H18N2O4/c19-15-5-10(7-17-16(20)11-1-2-11)8-18(15)12-3-4-13-14(6-12)22-9-21-13/h3-4,6,10-11H,1-2,5,7-9H2,(H,17,20)/t10-/m0/s1. The first-order valence-electron chi connectivity index (χ1n) is 7.68. The fourth-order valence-electron chi connectivity index (χ4n) is 2.96. The number of benzene rings is 1. The van der Waals surface area contributed by atoms with Gasteiger partial charge in [-0.2, -0.15) is 0 Å². The third-order valence-electron chi connectivity index (χ3n) is 4.39. The van der Waals surface area contributed by atoms with E-state index in [4.69, 9.17) is 9.47 Å². The summed E-state index contributed by atoms with van der Waals surface area (Å²) in [6.45, 7) is 1.42. The van der Waals surface area contributed by atoms with E-state index in [2.05, 4.69) is 5.32 Å². The molecule has 2 fully saturated rings. The molecule has 116 valence electrons. The summed E-state index contributed by atoms with van der Waals surface area (Å²) in [7, 11) is 0. The second kappa shape index (κ2) is 5.19. The molecule has 4 rings (SSSR count). The quantitative estimate of drug-likeness (QED) is 0.910. The Morgan fingerprint density at radius 3 is 2.91 bits per heavy atom. The lowest BCUT2D eigenvalue weighted by Crippen LogP contribution is -2.32. The number of carbonyl (C=O) groups is 2. The molecule has 1 saturated carbocycles. The molecule has 1 N–H and O–H groups in total. The number of anilines is 1. The number of hydrogen-bond acceptors (Lipinski definition) is 4. The predicted molar refractivity (Wildman–Crippen MR) is 78.8 cm³/mol. The van der Waals surface area contributed by atoms with Gasteiger partial charge in [-0.25, -0.2) is 0 Å². The van der Waals surface area contributed by atoms with Gasteiger partial charge in [0.15, 0.2) is 11.5 Å². The highest BCUT2D eigenvalue weighted by Crippen LogP contribution is 2.37. The summed E-state index contributed by atoms with van der Waals surface area (Å²) in [5, 5.41) is 2.96. The van der Waals surface area contributed by atoms with Crippen molar-refractivity contribution in [3.05, 3.63) is 18.2 Å². The van der Waals surface area contributed by atoms with Crippen LogP contribution in [0.5, 0.6) is 11.5 Å². The van der Waals surface area contributed by atoms with Crippen molar-refractivity contribution in [1.29, 1.82) is 0 Å². The van der Waals surface area contributed by atoms with Crippen LogP contribution in [0, 0.1) is 11.8 Å². The number of hydrogen-bond donors (Lipinski definition) is 1. The molecule has 3 aliphatic rings. The number of fused-ring (bicyclic) bond motifs is 1. The van der Waals surface area contributed by atoms with Crippen LogP contribution < -0.4 is 19.7 Å².